The van der Waals surface area contributed by atoms with Crippen molar-refractivity contribution in [3.05, 3.63) is 58.7 Å². The van der Waals surface area contributed by atoms with Crippen LogP contribution < -0.4 is 20.2 Å². The smallest absolute Gasteiger partial charge is 0.223 e. The van der Waals surface area contributed by atoms with Gasteiger partial charge in [-0.25, -0.2) is 0 Å². The van der Waals surface area contributed by atoms with Crippen LogP contribution in [0.25, 0.3) is 0 Å². The van der Waals surface area contributed by atoms with Crippen molar-refractivity contribution in [1.82, 2.24) is 0 Å². The monoisotopic (exact) mass is 400 g/mol. The van der Waals surface area contributed by atoms with Gasteiger partial charge in [0.05, 0.1) is 29.5 Å². The van der Waals surface area contributed by atoms with E-state index in [9.17, 15) is 0 Å². The lowest BCUT2D eigenvalue weighted by molar-refractivity contribution is -0.150. The highest BCUT2D eigenvalue weighted by Gasteiger charge is 2.19. The average Bonchev–Trinajstić information content (AvgIpc) is 3.14. The van der Waals surface area contributed by atoms with Crippen LogP contribution in [0.5, 0.6) is 11.5 Å². The summed E-state index contributed by atoms with van der Waals surface area (Å²) in [5.74, 6) is 1.77. The molecule has 2 aromatic carbocycles. The van der Waals surface area contributed by atoms with Gasteiger partial charge in [0.2, 0.25) is 6.29 Å². The number of rotatable bonds is 5. The van der Waals surface area contributed by atoms with E-state index >= 15 is 0 Å². The SMILES string of the molecule is C.CC(C)OCC1OCc2ccccc2O1.CC(C)Oc1ccc2c(c1)=NCN=2. The molecule has 2 aromatic rings. The van der Waals surface area contributed by atoms with Gasteiger partial charge in [-0.2, -0.15) is 0 Å². The molecule has 2 heterocycles. The van der Waals surface area contributed by atoms with Crippen molar-refractivity contribution in [3.63, 3.8) is 0 Å². The van der Waals surface area contributed by atoms with Crippen LogP contribution in [-0.2, 0) is 16.1 Å². The van der Waals surface area contributed by atoms with E-state index in [1.54, 1.807) is 0 Å². The van der Waals surface area contributed by atoms with Crippen molar-refractivity contribution in [2.24, 2.45) is 9.98 Å². The summed E-state index contributed by atoms with van der Waals surface area (Å²) in [5.41, 5.74) is 1.10. The summed E-state index contributed by atoms with van der Waals surface area (Å²) in [6, 6.07) is 13.7. The number of fused-ring (bicyclic) bond motifs is 2. The van der Waals surface area contributed by atoms with Crippen molar-refractivity contribution in [1.29, 1.82) is 0 Å². The standard InChI is InChI=1S/C12H16O3.C10H12N2O.CH4/c1-9(2)13-8-12-14-7-10-5-3-4-6-11(10)15-12;1-7(2)13-8-3-4-9-10(5-8)12-6-11-9;/h3-6,9,12H,7-8H2,1-2H3;3-5,7H,6H2,1-2H3;1H4. The molecule has 6 nitrogen and oxygen atoms in total. The highest BCUT2D eigenvalue weighted by atomic mass is 16.7. The molecule has 158 valence electrons. The van der Waals surface area contributed by atoms with Gasteiger partial charge in [0.15, 0.2) is 0 Å². The summed E-state index contributed by atoms with van der Waals surface area (Å²) in [6.45, 7) is 9.64. The fourth-order valence-electron chi connectivity index (χ4n) is 2.75. The zero-order valence-electron chi connectivity index (χ0n) is 16.9. The molecule has 1 atom stereocenters. The van der Waals surface area contributed by atoms with E-state index in [1.807, 2.05) is 70.2 Å². The number of benzene rings is 2. The fourth-order valence-corrected chi connectivity index (χ4v) is 2.75. The summed E-state index contributed by atoms with van der Waals surface area (Å²) in [5, 5.41) is 1.91. The van der Waals surface area contributed by atoms with Crippen LogP contribution in [-0.4, -0.2) is 31.8 Å². The summed E-state index contributed by atoms with van der Waals surface area (Å²) in [6.07, 6.45) is 0.132. The normalized spacial score (nSPS) is 16.3. The Labute approximate surface area is 173 Å². The Kier molecular flexibility index (Phi) is 8.61. The topological polar surface area (TPSA) is 61.6 Å². The first-order valence-corrected chi connectivity index (χ1v) is 9.64. The third-order valence-corrected chi connectivity index (χ3v) is 4.02. The second-order valence-electron chi connectivity index (χ2n) is 7.12. The van der Waals surface area contributed by atoms with E-state index in [-0.39, 0.29) is 25.9 Å². The first-order valence-electron chi connectivity index (χ1n) is 9.64. The van der Waals surface area contributed by atoms with Gasteiger partial charge in [-0.05, 0) is 45.9 Å². The van der Waals surface area contributed by atoms with Crippen molar-refractivity contribution < 1.29 is 18.9 Å². The van der Waals surface area contributed by atoms with Gasteiger partial charge in [-0.15, -0.1) is 0 Å². The van der Waals surface area contributed by atoms with Crippen LogP contribution in [0.3, 0.4) is 0 Å². The molecule has 0 saturated carbocycles. The molecule has 0 fully saturated rings. The number of nitrogens with zero attached hydrogens (tertiary/aromatic N) is 2. The van der Waals surface area contributed by atoms with Gasteiger partial charge in [0, 0.05) is 11.6 Å². The minimum absolute atomic E-state index is 0. The quantitative estimate of drug-likeness (QED) is 0.768. The Morgan fingerprint density at radius 1 is 1.00 bits per heavy atom. The van der Waals surface area contributed by atoms with Crippen molar-refractivity contribution in [2.45, 2.75) is 60.2 Å². The minimum Gasteiger partial charge on any atom is -0.491 e. The Hall–Kier alpha value is -2.44. The Morgan fingerprint density at radius 2 is 1.76 bits per heavy atom. The second-order valence-corrected chi connectivity index (χ2v) is 7.12. The average molecular weight is 401 g/mol. The predicted octanol–water partition coefficient (Wildman–Crippen LogP) is 3.67. The summed E-state index contributed by atoms with van der Waals surface area (Å²) >= 11 is 0. The number of para-hydroxylation sites is 1. The Bertz CT molecular complexity index is 896. The molecule has 0 N–H and O–H groups in total. The lowest BCUT2D eigenvalue weighted by Gasteiger charge is -2.26. The van der Waals surface area contributed by atoms with Crippen molar-refractivity contribution >= 4 is 0 Å². The molecule has 0 radical (unpaired) electrons. The van der Waals surface area contributed by atoms with Gasteiger partial charge < -0.3 is 18.9 Å². The number of ether oxygens (including phenoxy) is 4. The molecule has 6 heteroatoms. The highest BCUT2D eigenvalue weighted by molar-refractivity contribution is 5.33. The molecule has 2 aliphatic heterocycles. The molecule has 29 heavy (non-hydrogen) atoms. The second kappa shape index (κ2) is 10.9. The molecule has 0 amide bonds. The summed E-state index contributed by atoms with van der Waals surface area (Å²) < 4.78 is 22.1. The third kappa shape index (κ3) is 6.84. The number of hydrogen-bond acceptors (Lipinski definition) is 6. The number of hydrogen-bond donors (Lipinski definition) is 0. The van der Waals surface area contributed by atoms with Crippen LogP contribution in [0.2, 0.25) is 0 Å². The van der Waals surface area contributed by atoms with Crippen LogP contribution in [0, 0.1) is 0 Å². The van der Waals surface area contributed by atoms with E-state index < -0.39 is 0 Å². The van der Waals surface area contributed by atoms with Gasteiger partial charge in [-0.1, -0.05) is 25.6 Å². The van der Waals surface area contributed by atoms with Crippen molar-refractivity contribution in [2.75, 3.05) is 13.3 Å². The third-order valence-electron chi connectivity index (χ3n) is 4.02. The van der Waals surface area contributed by atoms with Gasteiger partial charge in [0.1, 0.15) is 24.8 Å². The van der Waals surface area contributed by atoms with E-state index in [1.165, 1.54) is 0 Å². The fraction of sp³-hybridized carbons (Fsp3) is 0.478. The first-order chi connectivity index (χ1) is 13.5. The Balaban J connectivity index is 0.000000202. The molecule has 0 saturated heterocycles. The molecule has 0 aliphatic carbocycles. The molecule has 0 aromatic heterocycles. The molecular weight excluding hydrogens is 368 g/mol. The maximum Gasteiger partial charge on any atom is 0.223 e. The molecule has 4 rings (SSSR count). The van der Waals surface area contributed by atoms with Gasteiger partial charge >= 0.3 is 0 Å². The molecule has 1 unspecified atom stereocenters. The summed E-state index contributed by atoms with van der Waals surface area (Å²) in [7, 11) is 0. The highest BCUT2D eigenvalue weighted by Crippen LogP contribution is 2.25. The minimum atomic E-state index is -0.276. The van der Waals surface area contributed by atoms with Crippen LogP contribution in [0.1, 0.15) is 40.7 Å². The van der Waals surface area contributed by atoms with Gasteiger partial charge in [-0.3, -0.25) is 9.98 Å². The molecule has 0 bridgehead atoms. The van der Waals surface area contributed by atoms with Gasteiger partial charge in [0.25, 0.3) is 0 Å². The molecular formula is C23H32N2O4. The molecule has 2 aliphatic rings. The zero-order valence-corrected chi connectivity index (χ0v) is 16.9. The largest absolute Gasteiger partial charge is 0.491 e. The van der Waals surface area contributed by atoms with E-state index in [2.05, 4.69) is 9.98 Å². The maximum atomic E-state index is 5.64. The van der Waals surface area contributed by atoms with E-state index in [4.69, 9.17) is 18.9 Å². The predicted molar refractivity (Wildman–Crippen MR) is 113 cm³/mol. The maximum absolute atomic E-state index is 5.64. The van der Waals surface area contributed by atoms with Crippen LogP contribution in [0.4, 0.5) is 0 Å². The lowest BCUT2D eigenvalue weighted by Crippen LogP contribution is -2.31. The Morgan fingerprint density at radius 3 is 2.52 bits per heavy atom. The van der Waals surface area contributed by atoms with E-state index in [0.717, 1.165) is 27.8 Å². The van der Waals surface area contributed by atoms with Crippen LogP contribution >= 0.6 is 0 Å². The zero-order chi connectivity index (χ0) is 19.9. The lowest BCUT2D eigenvalue weighted by atomic mass is 10.2. The van der Waals surface area contributed by atoms with E-state index in [0.29, 0.717) is 19.9 Å². The van der Waals surface area contributed by atoms with Crippen molar-refractivity contribution in [3.8, 4) is 11.5 Å². The molecule has 0 spiro atoms. The summed E-state index contributed by atoms with van der Waals surface area (Å²) in [4.78, 5) is 8.42. The van der Waals surface area contributed by atoms with Crippen LogP contribution in [0.15, 0.2) is 52.4 Å². The first kappa shape index (κ1) is 22.8.